The van der Waals surface area contributed by atoms with Gasteiger partial charge in [-0.2, -0.15) is 15.4 Å². The van der Waals surface area contributed by atoms with Crippen molar-refractivity contribution in [3.8, 4) is 0 Å². The Bertz CT molecular complexity index is 673. The van der Waals surface area contributed by atoms with Crippen LogP contribution >= 0.6 is 0 Å². The monoisotopic (exact) mass is 275 g/mol. The summed E-state index contributed by atoms with van der Waals surface area (Å²) in [6, 6.07) is 0. The quantitative estimate of drug-likeness (QED) is 0.751. The Morgan fingerprint density at radius 1 is 1.30 bits per heavy atom. The van der Waals surface area contributed by atoms with Crippen molar-refractivity contribution in [1.82, 2.24) is 25.7 Å². The Kier molecular flexibility index (Phi) is 3.97. The molecule has 20 heavy (non-hydrogen) atoms. The van der Waals surface area contributed by atoms with Crippen LogP contribution in [0.3, 0.4) is 0 Å². The smallest absolute Gasteiger partial charge is 0.261 e. The maximum Gasteiger partial charge on any atom is 0.261 e. The SMILES string of the molecule is Cc1[nH]c(=O)c(C(=O)NCCc2cn[nH]n2)c(C)c1C. The number of pyridine rings is 1. The molecule has 2 aromatic rings. The van der Waals surface area contributed by atoms with E-state index in [-0.39, 0.29) is 17.0 Å². The normalized spacial score (nSPS) is 10.6. The molecule has 0 aliphatic rings. The maximum atomic E-state index is 12.1. The lowest BCUT2D eigenvalue weighted by atomic mass is 10.0. The predicted octanol–water partition coefficient (Wildman–Crippen LogP) is 0.391. The minimum absolute atomic E-state index is 0.174. The van der Waals surface area contributed by atoms with Crippen LogP contribution in [0.1, 0.15) is 32.9 Å². The Morgan fingerprint density at radius 3 is 2.70 bits per heavy atom. The van der Waals surface area contributed by atoms with E-state index in [1.807, 2.05) is 13.8 Å². The van der Waals surface area contributed by atoms with E-state index < -0.39 is 0 Å². The molecule has 7 nitrogen and oxygen atoms in total. The summed E-state index contributed by atoms with van der Waals surface area (Å²) in [7, 11) is 0. The number of carbonyl (C=O) groups excluding carboxylic acids is 1. The van der Waals surface area contributed by atoms with Gasteiger partial charge >= 0.3 is 0 Å². The van der Waals surface area contributed by atoms with Crippen molar-refractivity contribution in [1.29, 1.82) is 0 Å². The first-order valence-electron chi connectivity index (χ1n) is 6.33. The molecule has 2 rings (SSSR count). The van der Waals surface area contributed by atoms with Gasteiger partial charge in [-0.05, 0) is 31.9 Å². The molecule has 0 aromatic carbocycles. The zero-order valence-corrected chi connectivity index (χ0v) is 11.7. The van der Waals surface area contributed by atoms with Crippen molar-refractivity contribution in [3.63, 3.8) is 0 Å². The van der Waals surface area contributed by atoms with Gasteiger partial charge in [0.1, 0.15) is 5.56 Å². The Labute approximate surface area is 115 Å². The van der Waals surface area contributed by atoms with Crippen LogP contribution < -0.4 is 10.9 Å². The van der Waals surface area contributed by atoms with Gasteiger partial charge in [-0.15, -0.1) is 0 Å². The summed E-state index contributed by atoms with van der Waals surface area (Å²) >= 11 is 0. The molecule has 0 bridgehead atoms. The van der Waals surface area contributed by atoms with Crippen LogP contribution in [0.5, 0.6) is 0 Å². The summed E-state index contributed by atoms with van der Waals surface area (Å²) in [5.74, 6) is -0.365. The molecule has 2 aromatic heterocycles. The third kappa shape index (κ3) is 2.76. The number of nitrogens with one attached hydrogen (secondary N) is 3. The zero-order chi connectivity index (χ0) is 14.7. The van der Waals surface area contributed by atoms with E-state index in [1.165, 1.54) is 0 Å². The highest BCUT2D eigenvalue weighted by molar-refractivity contribution is 5.95. The standard InChI is InChI=1S/C13H17N5O2/c1-7-8(2)11(13(20)16-9(7)3)12(19)14-5-4-10-6-15-18-17-10/h6H,4-5H2,1-3H3,(H,14,19)(H,16,20)(H,15,17,18). The van der Waals surface area contributed by atoms with Crippen LogP contribution in [0.15, 0.2) is 11.0 Å². The number of hydrogen-bond donors (Lipinski definition) is 3. The van der Waals surface area contributed by atoms with E-state index in [4.69, 9.17) is 0 Å². The molecule has 0 saturated carbocycles. The van der Waals surface area contributed by atoms with Crippen molar-refractivity contribution < 1.29 is 4.79 Å². The maximum absolute atomic E-state index is 12.1. The molecule has 0 radical (unpaired) electrons. The number of aromatic amines is 2. The van der Waals surface area contributed by atoms with Gasteiger partial charge < -0.3 is 10.3 Å². The topological polar surface area (TPSA) is 104 Å². The highest BCUT2D eigenvalue weighted by Crippen LogP contribution is 2.11. The van der Waals surface area contributed by atoms with Crippen LogP contribution in [0, 0.1) is 20.8 Å². The Morgan fingerprint density at radius 2 is 2.05 bits per heavy atom. The minimum atomic E-state index is -0.365. The molecule has 0 spiro atoms. The molecule has 0 aliphatic heterocycles. The second kappa shape index (κ2) is 5.68. The molecule has 1 amide bonds. The lowest BCUT2D eigenvalue weighted by molar-refractivity contribution is 0.0952. The Hall–Kier alpha value is -2.44. The molecular formula is C13H17N5O2. The van der Waals surface area contributed by atoms with E-state index in [1.54, 1.807) is 13.1 Å². The summed E-state index contributed by atoms with van der Waals surface area (Å²) in [4.78, 5) is 26.7. The highest BCUT2D eigenvalue weighted by Gasteiger charge is 2.16. The molecule has 106 valence electrons. The average Bonchev–Trinajstić information content (AvgIpc) is 2.89. The molecule has 3 N–H and O–H groups in total. The van der Waals surface area contributed by atoms with Gasteiger partial charge in [-0.25, -0.2) is 0 Å². The van der Waals surface area contributed by atoms with Crippen LogP contribution in [0.4, 0.5) is 0 Å². The molecule has 0 fully saturated rings. The second-order valence-electron chi connectivity index (χ2n) is 4.67. The van der Waals surface area contributed by atoms with Crippen LogP contribution in [0.25, 0.3) is 0 Å². The van der Waals surface area contributed by atoms with Gasteiger partial charge in [0.05, 0.1) is 11.9 Å². The predicted molar refractivity (Wildman–Crippen MR) is 73.7 cm³/mol. The fourth-order valence-electron chi connectivity index (χ4n) is 1.98. The summed E-state index contributed by atoms with van der Waals surface area (Å²) in [5, 5.41) is 12.8. The highest BCUT2D eigenvalue weighted by atomic mass is 16.2. The summed E-state index contributed by atoms with van der Waals surface area (Å²) in [6.07, 6.45) is 2.16. The fourth-order valence-corrected chi connectivity index (χ4v) is 1.98. The molecular weight excluding hydrogens is 258 g/mol. The first-order chi connectivity index (χ1) is 9.50. The van der Waals surface area contributed by atoms with E-state index in [0.29, 0.717) is 18.5 Å². The van der Waals surface area contributed by atoms with Gasteiger partial charge in [0, 0.05) is 18.7 Å². The average molecular weight is 275 g/mol. The summed E-state index contributed by atoms with van der Waals surface area (Å²) in [6.45, 7) is 5.88. The molecule has 0 atom stereocenters. The number of aryl methyl sites for hydroxylation is 1. The van der Waals surface area contributed by atoms with Crippen molar-refractivity contribution in [2.45, 2.75) is 27.2 Å². The number of carbonyl (C=O) groups is 1. The van der Waals surface area contributed by atoms with Gasteiger partial charge in [0.15, 0.2) is 0 Å². The lowest BCUT2D eigenvalue weighted by Crippen LogP contribution is -2.32. The van der Waals surface area contributed by atoms with Crippen LogP contribution in [0.2, 0.25) is 0 Å². The first-order valence-corrected chi connectivity index (χ1v) is 6.33. The van der Waals surface area contributed by atoms with Crippen LogP contribution in [-0.2, 0) is 6.42 Å². The van der Waals surface area contributed by atoms with E-state index in [0.717, 1.165) is 17.0 Å². The molecule has 2 heterocycles. The number of amides is 1. The molecule has 7 heteroatoms. The third-order valence-electron chi connectivity index (χ3n) is 3.39. The molecule has 0 aliphatic carbocycles. The van der Waals surface area contributed by atoms with Gasteiger partial charge in [-0.3, -0.25) is 9.59 Å². The lowest BCUT2D eigenvalue weighted by Gasteiger charge is -2.10. The number of rotatable bonds is 4. The van der Waals surface area contributed by atoms with Crippen molar-refractivity contribution in [2.24, 2.45) is 0 Å². The number of hydrogen-bond acceptors (Lipinski definition) is 4. The molecule has 0 saturated heterocycles. The van der Waals surface area contributed by atoms with Gasteiger partial charge in [-0.1, -0.05) is 0 Å². The number of H-pyrrole nitrogens is 2. The van der Waals surface area contributed by atoms with Gasteiger partial charge in [0.2, 0.25) is 0 Å². The molecule has 0 unspecified atom stereocenters. The van der Waals surface area contributed by atoms with E-state index in [9.17, 15) is 9.59 Å². The van der Waals surface area contributed by atoms with E-state index in [2.05, 4.69) is 25.7 Å². The fraction of sp³-hybridized carbons (Fsp3) is 0.385. The van der Waals surface area contributed by atoms with Crippen LogP contribution in [-0.4, -0.2) is 32.8 Å². The van der Waals surface area contributed by atoms with E-state index >= 15 is 0 Å². The summed E-state index contributed by atoms with van der Waals surface area (Å²) < 4.78 is 0. The largest absolute Gasteiger partial charge is 0.351 e. The zero-order valence-electron chi connectivity index (χ0n) is 11.7. The number of nitrogens with zero attached hydrogens (tertiary/aromatic N) is 2. The third-order valence-corrected chi connectivity index (χ3v) is 3.39. The number of aromatic nitrogens is 4. The van der Waals surface area contributed by atoms with Crippen molar-refractivity contribution in [3.05, 3.63) is 44.6 Å². The summed E-state index contributed by atoms with van der Waals surface area (Å²) in [5.41, 5.74) is 3.00. The minimum Gasteiger partial charge on any atom is -0.351 e. The Balaban J connectivity index is 2.10. The first kappa shape index (κ1) is 14.0. The van der Waals surface area contributed by atoms with Crippen molar-refractivity contribution in [2.75, 3.05) is 6.54 Å². The van der Waals surface area contributed by atoms with Gasteiger partial charge in [0.25, 0.3) is 11.5 Å². The van der Waals surface area contributed by atoms with Crippen molar-refractivity contribution >= 4 is 5.91 Å². The second-order valence-corrected chi connectivity index (χ2v) is 4.67.